The molecule has 0 fully saturated rings. The lowest BCUT2D eigenvalue weighted by molar-refractivity contribution is -0.121. The predicted molar refractivity (Wildman–Crippen MR) is 115 cm³/mol. The highest BCUT2D eigenvalue weighted by atomic mass is 32.1. The van der Waals surface area contributed by atoms with Crippen LogP contribution in [0.15, 0.2) is 40.8 Å². The van der Waals surface area contributed by atoms with Crippen LogP contribution in [0, 0.1) is 19.8 Å². The van der Waals surface area contributed by atoms with Gasteiger partial charge < -0.3 is 15.1 Å². The minimum atomic E-state index is -0.141. The van der Waals surface area contributed by atoms with Gasteiger partial charge in [0.05, 0.1) is 11.4 Å². The monoisotopic (exact) mass is 411 g/mol. The normalized spacial score (nSPS) is 10.9. The average molecular weight is 412 g/mol. The van der Waals surface area contributed by atoms with Crippen molar-refractivity contribution >= 4 is 28.8 Å². The van der Waals surface area contributed by atoms with Crippen LogP contribution >= 0.6 is 11.3 Å². The van der Waals surface area contributed by atoms with Gasteiger partial charge in [-0.2, -0.15) is 0 Å². The highest BCUT2D eigenvalue weighted by molar-refractivity contribution is 7.14. The summed E-state index contributed by atoms with van der Waals surface area (Å²) >= 11 is 1.45. The number of carbonyl (C=O) groups is 2. The van der Waals surface area contributed by atoms with E-state index in [1.165, 1.54) is 11.3 Å². The molecule has 6 nitrogen and oxygen atoms in total. The van der Waals surface area contributed by atoms with Crippen molar-refractivity contribution in [2.24, 2.45) is 5.92 Å². The molecule has 2 heterocycles. The summed E-state index contributed by atoms with van der Waals surface area (Å²) in [5, 5.41) is 5.78. The molecule has 3 rings (SSSR count). The molecule has 2 amide bonds. The van der Waals surface area contributed by atoms with Crippen LogP contribution in [0.5, 0.6) is 0 Å². The lowest BCUT2D eigenvalue weighted by Gasteiger charge is -2.05. The Balaban J connectivity index is 1.70. The number of benzene rings is 1. The average Bonchev–Trinajstić information content (AvgIpc) is 3.25. The second-order valence-corrected chi connectivity index (χ2v) is 8.63. The summed E-state index contributed by atoms with van der Waals surface area (Å²) in [6.07, 6.45) is 0.481. The first-order valence-electron chi connectivity index (χ1n) is 9.53. The molecule has 0 aliphatic carbocycles. The first kappa shape index (κ1) is 20.8. The second-order valence-electron chi connectivity index (χ2n) is 7.34. The Morgan fingerprint density at radius 2 is 1.97 bits per heavy atom. The van der Waals surface area contributed by atoms with Crippen LogP contribution in [0.25, 0.3) is 11.5 Å². The number of hydrogen-bond acceptors (Lipinski definition) is 5. The number of aryl methyl sites for hydroxylation is 2. The molecular formula is C22H25N3O3S. The van der Waals surface area contributed by atoms with E-state index in [9.17, 15) is 9.59 Å². The summed E-state index contributed by atoms with van der Waals surface area (Å²) in [6, 6.07) is 11.1. The summed E-state index contributed by atoms with van der Waals surface area (Å²) in [6.45, 7) is 8.13. The lowest BCUT2D eigenvalue weighted by atomic mass is 10.1. The number of aromatic nitrogens is 1. The molecule has 7 heteroatoms. The summed E-state index contributed by atoms with van der Waals surface area (Å²) in [7, 11) is 0. The van der Waals surface area contributed by atoms with Crippen molar-refractivity contribution in [2.45, 2.75) is 40.7 Å². The maximum atomic E-state index is 12.4. The van der Waals surface area contributed by atoms with Crippen molar-refractivity contribution in [1.82, 2.24) is 10.3 Å². The van der Waals surface area contributed by atoms with Crippen molar-refractivity contribution < 1.29 is 14.0 Å². The molecule has 0 atom stereocenters. The fourth-order valence-electron chi connectivity index (χ4n) is 2.82. The van der Waals surface area contributed by atoms with Gasteiger partial charge in [0.25, 0.3) is 5.91 Å². The molecule has 0 aliphatic rings. The molecule has 0 radical (unpaired) electrons. The van der Waals surface area contributed by atoms with Crippen LogP contribution in [0.3, 0.4) is 0 Å². The van der Waals surface area contributed by atoms with E-state index < -0.39 is 0 Å². The number of oxazole rings is 1. The molecule has 0 saturated heterocycles. The number of anilines is 1. The number of carbonyl (C=O) groups excluding carboxylic acids is 2. The summed E-state index contributed by atoms with van der Waals surface area (Å²) in [4.78, 5) is 30.5. The van der Waals surface area contributed by atoms with E-state index in [-0.39, 0.29) is 11.8 Å². The fourth-order valence-corrected chi connectivity index (χ4v) is 3.58. The Hall–Kier alpha value is -2.93. The van der Waals surface area contributed by atoms with Gasteiger partial charge in [0.15, 0.2) is 0 Å². The SMILES string of the molecule is Cc1ccc(C(=O)Nc2cccc(-c3nc(CNC(=O)CC(C)C)c(C)o3)c2)s1. The van der Waals surface area contributed by atoms with Gasteiger partial charge in [-0.1, -0.05) is 19.9 Å². The largest absolute Gasteiger partial charge is 0.441 e. The van der Waals surface area contributed by atoms with Gasteiger partial charge in [0.2, 0.25) is 11.8 Å². The first-order valence-corrected chi connectivity index (χ1v) is 10.3. The number of nitrogens with one attached hydrogen (secondary N) is 2. The van der Waals surface area contributed by atoms with Gasteiger partial charge in [-0.05, 0) is 50.1 Å². The van der Waals surface area contributed by atoms with E-state index in [0.717, 1.165) is 10.4 Å². The molecule has 152 valence electrons. The third kappa shape index (κ3) is 5.54. The minimum Gasteiger partial charge on any atom is -0.441 e. The van der Waals surface area contributed by atoms with Gasteiger partial charge in [0, 0.05) is 22.5 Å². The van der Waals surface area contributed by atoms with Crippen molar-refractivity contribution in [1.29, 1.82) is 0 Å². The fraction of sp³-hybridized carbons (Fsp3) is 0.318. The molecule has 3 aromatic rings. The molecule has 0 spiro atoms. The number of rotatable bonds is 7. The minimum absolute atomic E-state index is 0.00234. The smallest absolute Gasteiger partial charge is 0.265 e. The molecule has 0 unspecified atom stereocenters. The Morgan fingerprint density at radius 1 is 1.17 bits per heavy atom. The Bertz CT molecular complexity index is 1020. The van der Waals surface area contributed by atoms with Crippen LogP contribution in [0.4, 0.5) is 5.69 Å². The zero-order valence-corrected chi connectivity index (χ0v) is 17.9. The van der Waals surface area contributed by atoms with E-state index in [1.54, 1.807) is 0 Å². The summed E-state index contributed by atoms with van der Waals surface area (Å²) in [5.41, 5.74) is 2.12. The zero-order chi connectivity index (χ0) is 21.0. The molecule has 29 heavy (non-hydrogen) atoms. The van der Waals surface area contributed by atoms with Crippen LogP contribution in [-0.2, 0) is 11.3 Å². The van der Waals surface area contributed by atoms with Crippen LogP contribution in [0.1, 0.15) is 46.3 Å². The van der Waals surface area contributed by atoms with Crippen molar-refractivity contribution in [2.75, 3.05) is 5.32 Å². The molecule has 0 aliphatic heterocycles. The standard InChI is InChI=1S/C22H25N3O3S/c1-13(2)10-20(26)23-12-18-15(4)28-22(25-18)16-6-5-7-17(11-16)24-21(27)19-9-8-14(3)29-19/h5-9,11,13H,10,12H2,1-4H3,(H,23,26)(H,24,27). The Labute approximate surface area is 174 Å². The van der Waals surface area contributed by atoms with Gasteiger partial charge in [-0.3, -0.25) is 9.59 Å². The number of nitrogens with zero attached hydrogens (tertiary/aromatic N) is 1. The Kier molecular flexibility index (Phi) is 6.49. The van der Waals surface area contributed by atoms with E-state index in [4.69, 9.17) is 4.42 Å². The van der Waals surface area contributed by atoms with E-state index in [0.29, 0.717) is 46.8 Å². The van der Waals surface area contributed by atoms with Crippen molar-refractivity contribution in [3.63, 3.8) is 0 Å². The number of thiophene rings is 1. The number of hydrogen-bond donors (Lipinski definition) is 2. The maximum Gasteiger partial charge on any atom is 0.265 e. The highest BCUT2D eigenvalue weighted by Crippen LogP contribution is 2.25. The maximum absolute atomic E-state index is 12.4. The zero-order valence-electron chi connectivity index (χ0n) is 17.0. The quantitative estimate of drug-likeness (QED) is 0.577. The van der Waals surface area contributed by atoms with E-state index in [1.807, 2.05) is 64.1 Å². The topological polar surface area (TPSA) is 84.2 Å². The summed E-state index contributed by atoms with van der Waals surface area (Å²) < 4.78 is 5.79. The van der Waals surface area contributed by atoms with Crippen LogP contribution in [-0.4, -0.2) is 16.8 Å². The summed E-state index contributed by atoms with van der Waals surface area (Å²) in [5.74, 6) is 1.28. The van der Waals surface area contributed by atoms with Crippen molar-refractivity contribution in [3.05, 3.63) is 57.6 Å². The lowest BCUT2D eigenvalue weighted by Crippen LogP contribution is -2.24. The third-order valence-corrected chi connectivity index (χ3v) is 5.27. The molecule has 0 saturated carbocycles. The third-order valence-electron chi connectivity index (χ3n) is 4.27. The van der Waals surface area contributed by atoms with Gasteiger partial charge in [-0.15, -0.1) is 11.3 Å². The highest BCUT2D eigenvalue weighted by Gasteiger charge is 2.14. The van der Waals surface area contributed by atoms with Crippen LogP contribution in [0.2, 0.25) is 0 Å². The van der Waals surface area contributed by atoms with E-state index in [2.05, 4.69) is 15.6 Å². The molecule has 0 bridgehead atoms. The van der Waals surface area contributed by atoms with Gasteiger partial charge >= 0.3 is 0 Å². The second kappa shape index (κ2) is 9.05. The molecular weight excluding hydrogens is 386 g/mol. The predicted octanol–water partition coefficient (Wildman–Crippen LogP) is 4.93. The Morgan fingerprint density at radius 3 is 2.66 bits per heavy atom. The number of amides is 2. The van der Waals surface area contributed by atoms with Crippen molar-refractivity contribution in [3.8, 4) is 11.5 Å². The molecule has 2 aromatic heterocycles. The molecule has 2 N–H and O–H groups in total. The first-order chi connectivity index (χ1) is 13.8. The van der Waals surface area contributed by atoms with Crippen LogP contribution < -0.4 is 10.6 Å². The van der Waals surface area contributed by atoms with Gasteiger partial charge in [0.1, 0.15) is 11.5 Å². The van der Waals surface area contributed by atoms with E-state index >= 15 is 0 Å². The van der Waals surface area contributed by atoms with Gasteiger partial charge in [-0.25, -0.2) is 4.98 Å². The molecule has 1 aromatic carbocycles.